The SMILES string of the molecule is O=C(NCCOCCO)C1CCCCC1Br. The molecule has 1 rings (SSSR count). The Morgan fingerprint density at radius 1 is 1.38 bits per heavy atom. The van der Waals surface area contributed by atoms with Crippen LogP contribution in [0.1, 0.15) is 25.7 Å². The van der Waals surface area contributed by atoms with Crippen LogP contribution >= 0.6 is 15.9 Å². The van der Waals surface area contributed by atoms with Gasteiger partial charge in [0, 0.05) is 11.4 Å². The summed E-state index contributed by atoms with van der Waals surface area (Å²) in [6, 6.07) is 0. The Balaban J connectivity index is 2.13. The van der Waals surface area contributed by atoms with E-state index in [9.17, 15) is 4.79 Å². The number of alkyl halides is 1. The zero-order chi connectivity index (χ0) is 11.8. The molecule has 2 atom stereocenters. The minimum Gasteiger partial charge on any atom is -0.394 e. The molecule has 0 aromatic rings. The van der Waals surface area contributed by atoms with E-state index in [-0.39, 0.29) is 18.4 Å². The van der Waals surface area contributed by atoms with E-state index in [0.717, 1.165) is 19.3 Å². The molecule has 0 saturated heterocycles. The molecule has 0 bridgehead atoms. The summed E-state index contributed by atoms with van der Waals surface area (Å²) in [5, 5.41) is 11.4. The van der Waals surface area contributed by atoms with Crippen LogP contribution in [0.2, 0.25) is 0 Å². The van der Waals surface area contributed by atoms with Crippen molar-refractivity contribution in [3.8, 4) is 0 Å². The van der Waals surface area contributed by atoms with E-state index in [1.807, 2.05) is 0 Å². The molecule has 94 valence electrons. The number of rotatable bonds is 6. The highest BCUT2D eigenvalue weighted by Crippen LogP contribution is 2.29. The van der Waals surface area contributed by atoms with Crippen LogP contribution in [0.15, 0.2) is 0 Å². The minimum atomic E-state index is 0.0278. The van der Waals surface area contributed by atoms with Gasteiger partial charge >= 0.3 is 0 Å². The molecule has 16 heavy (non-hydrogen) atoms. The number of ether oxygens (including phenoxy) is 1. The predicted octanol–water partition coefficient (Wildman–Crippen LogP) is 1.07. The van der Waals surface area contributed by atoms with Crippen molar-refractivity contribution in [3.05, 3.63) is 0 Å². The smallest absolute Gasteiger partial charge is 0.224 e. The van der Waals surface area contributed by atoms with E-state index in [1.165, 1.54) is 6.42 Å². The van der Waals surface area contributed by atoms with Gasteiger partial charge in [-0.2, -0.15) is 0 Å². The lowest BCUT2D eigenvalue weighted by Gasteiger charge is -2.26. The fourth-order valence-electron chi connectivity index (χ4n) is 1.93. The van der Waals surface area contributed by atoms with Gasteiger partial charge in [-0.1, -0.05) is 28.8 Å². The van der Waals surface area contributed by atoms with Crippen molar-refractivity contribution >= 4 is 21.8 Å². The van der Waals surface area contributed by atoms with Gasteiger partial charge in [0.2, 0.25) is 5.91 Å². The maximum Gasteiger partial charge on any atom is 0.224 e. The Morgan fingerprint density at radius 3 is 2.81 bits per heavy atom. The molecule has 1 amide bonds. The van der Waals surface area contributed by atoms with Gasteiger partial charge in [-0.3, -0.25) is 4.79 Å². The topological polar surface area (TPSA) is 58.6 Å². The molecule has 1 aliphatic carbocycles. The highest BCUT2D eigenvalue weighted by molar-refractivity contribution is 9.09. The van der Waals surface area contributed by atoms with Gasteiger partial charge in [0.1, 0.15) is 0 Å². The summed E-state index contributed by atoms with van der Waals surface area (Å²) in [7, 11) is 0. The number of halogens is 1. The van der Waals surface area contributed by atoms with E-state index < -0.39 is 0 Å². The van der Waals surface area contributed by atoms with Gasteiger partial charge in [-0.15, -0.1) is 0 Å². The lowest BCUT2D eigenvalue weighted by atomic mass is 9.88. The van der Waals surface area contributed by atoms with Gasteiger partial charge in [0.05, 0.1) is 25.7 Å². The minimum absolute atomic E-state index is 0.0278. The van der Waals surface area contributed by atoms with Crippen LogP contribution in [-0.2, 0) is 9.53 Å². The molecular weight excluding hydrogens is 274 g/mol. The summed E-state index contributed by atoms with van der Waals surface area (Å²) >= 11 is 3.56. The third kappa shape index (κ3) is 4.80. The van der Waals surface area contributed by atoms with Crippen molar-refractivity contribution in [1.29, 1.82) is 0 Å². The number of carbonyl (C=O) groups excluding carboxylic acids is 1. The Morgan fingerprint density at radius 2 is 2.12 bits per heavy atom. The van der Waals surface area contributed by atoms with E-state index in [0.29, 0.717) is 24.6 Å². The predicted molar refractivity (Wildman–Crippen MR) is 65.6 cm³/mol. The summed E-state index contributed by atoms with van der Waals surface area (Å²) in [5.41, 5.74) is 0. The molecule has 1 fully saturated rings. The molecule has 5 heteroatoms. The fraction of sp³-hybridized carbons (Fsp3) is 0.909. The van der Waals surface area contributed by atoms with Crippen molar-refractivity contribution < 1.29 is 14.6 Å². The number of carbonyl (C=O) groups is 1. The lowest BCUT2D eigenvalue weighted by molar-refractivity contribution is -0.125. The molecular formula is C11H20BrNO3. The van der Waals surface area contributed by atoms with Crippen LogP contribution in [-0.4, -0.2) is 42.2 Å². The first kappa shape index (κ1) is 13.9. The van der Waals surface area contributed by atoms with Crippen LogP contribution in [0.5, 0.6) is 0 Å². The highest BCUT2D eigenvalue weighted by atomic mass is 79.9. The maximum absolute atomic E-state index is 11.8. The summed E-state index contributed by atoms with van der Waals surface area (Å²) in [6.45, 7) is 1.35. The van der Waals surface area contributed by atoms with Gasteiger partial charge in [0.25, 0.3) is 0 Å². The third-order valence-electron chi connectivity index (χ3n) is 2.80. The van der Waals surface area contributed by atoms with Crippen LogP contribution in [0.25, 0.3) is 0 Å². The van der Waals surface area contributed by atoms with Gasteiger partial charge in [0.15, 0.2) is 0 Å². The van der Waals surface area contributed by atoms with E-state index in [2.05, 4.69) is 21.2 Å². The van der Waals surface area contributed by atoms with Crippen molar-refractivity contribution in [2.45, 2.75) is 30.5 Å². The second-order valence-corrected chi connectivity index (χ2v) is 5.21. The molecule has 0 radical (unpaired) electrons. The summed E-state index contributed by atoms with van der Waals surface area (Å²) < 4.78 is 5.07. The monoisotopic (exact) mass is 293 g/mol. The molecule has 0 aromatic carbocycles. The number of aliphatic hydroxyl groups excluding tert-OH is 1. The lowest BCUT2D eigenvalue weighted by Crippen LogP contribution is -2.38. The van der Waals surface area contributed by atoms with E-state index in [1.54, 1.807) is 0 Å². The Hall–Kier alpha value is -0.130. The number of aliphatic hydroxyl groups is 1. The van der Waals surface area contributed by atoms with Crippen molar-refractivity contribution in [1.82, 2.24) is 5.32 Å². The highest BCUT2D eigenvalue weighted by Gasteiger charge is 2.28. The van der Waals surface area contributed by atoms with Gasteiger partial charge in [-0.25, -0.2) is 0 Å². The van der Waals surface area contributed by atoms with Crippen LogP contribution in [0.4, 0.5) is 0 Å². The molecule has 4 nitrogen and oxygen atoms in total. The standard InChI is InChI=1S/C11H20BrNO3/c12-10-4-2-1-3-9(10)11(15)13-5-7-16-8-6-14/h9-10,14H,1-8H2,(H,13,15). The molecule has 0 aliphatic heterocycles. The first-order chi connectivity index (χ1) is 7.75. The summed E-state index contributed by atoms with van der Waals surface area (Å²) in [4.78, 5) is 12.1. The van der Waals surface area contributed by atoms with E-state index >= 15 is 0 Å². The Bertz CT molecular complexity index is 213. The largest absolute Gasteiger partial charge is 0.394 e. The Kier molecular flexibility index (Phi) is 7.00. The van der Waals surface area contributed by atoms with Crippen LogP contribution in [0.3, 0.4) is 0 Å². The number of nitrogens with one attached hydrogen (secondary N) is 1. The van der Waals surface area contributed by atoms with Crippen LogP contribution in [0, 0.1) is 5.92 Å². The average molecular weight is 294 g/mol. The molecule has 0 heterocycles. The van der Waals surface area contributed by atoms with Gasteiger partial charge < -0.3 is 15.2 Å². The normalized spacial score (nSPS) is 25.4. The molecule has 1 saturated carbocycles. The second-order valence-electron chi connectivity index (χ2n) is 4.03. The summed E-state index contributed by atoms with van der Waals surface area (Å²) in [6.07, 6.45) is 4.40. The van der Waals surface area contributed by atoms with Crippen molar-refractivity contribution in [3.63, 3.8) is 0 Å². The number of hydrogen-bond donors (Lipinski definition) is 2. The first-order valence-electron chi connectivity index (χ1n) is 5.86. The second kappa shape index (κ2) is 8.03. The molecule has 1 aliphatic rings. The third-order valence-corrected chi connectivity index (χ3v) is 3.90. The molecule has 0 aromatic heterocycles. The zero-order valence-electron chi connectivity index (χ0n) is 9.45. The fourth-order valence-corrected chi connectivity index (χ4v) is 2.75. The molecule has 2 unspecified atom stereocenters. The van der Waals surface area contributed by atoms with Crippen molar-refractivity contribution in [2.24, 2.45) is 5.92 Å². The van der Waals surface area contributed by atoms with E-state index in [4.69, 9.17) is 9.84 Å². The maximum atomic E-state index is 11.8. The van der Waals surface area contributed by atoms with Gasteiger partial charge in [-0.05, 0) is 12.8 Å². The number of hydrogen-bond acceptors (Lipinski definition) is 3. The average Bonchev–Trinajstić information content (AvgIpc) is 2.29. The number of amides is 1. The molecule has 0 spiro atoms. The first-order valence-corrected chi connectivity index (χ1v) is 6.77. The summed E-state index contributed by atoms with van der Waals surface area (Å²) in [5.74, 6) is 0.223. The van der Waals surface area contributed by atoms with Crippen molar-refractivity contribution in [2.75, 3.05) is 26.4 Å². The Labute approximate surface area is 105 Å². The zero-order valence-corrected chi connectivity index (χ0v) is 11.0. The molecule has 2 N–H and O–H groups in total. The van der Waals surface area contributed by atoms with Crippen LogP contribution < -0.4 is 5.32 Å². The quantitative estimate of drug-likeness (QED) is 0.569.